The van der Waals surface area contributed by atoms with Gasteiger partial charge in [-0.1, -0.05) is 23.2 Å². The number of rotatable bonds is 4. The fourth-order valence-electron chi connectivity index (χ4n) is 1.56. The number of pyridine rings is 2. The van der Waals surface area contributed by atoms with Crippen molar-refractivity contribution in [2.24, 2.45) is 0 Å². The van der Waals surface area contributed by atoms with Gasteiger partial charge in [-0.15, -0.1) is 0 Å². The maximum Gasteiger partial charge on any atom is 0.276 e. The molecule has 0 bridgehead atoms. The number of ether oxygens (including phenoxy) is 1. The van der Waals surface area contributed by atoms with Crippen LogP contribution in [0.1, 0.15) is 24.3 Å². The standard InChI is InChI=1S/C14H13Cl2N3O2/c1-8(2)21-14-10(4-3-7-17-14)18-13(20)12-9(15)5-6-11(16)19-12/h3-8H,1-2H3,(H,18,20). The van der Waals surface area contributed by atoms with Gasteiger partial charge in [0.15, 0.2) is 0 Å². The molecule has 110 valence electrons. The summed E-state index contributed by atoms with van der Waals surface area (Å²) in [5, 5.41) is 3.07. The Kier molecular flexibility index (Phi) is 4.98. The molecule has 5 nitrogen and oxygen atoms in total. The van der Waals surface area contributed by atoms with E-state index in [1.165, 1.54) is 12.1 Å². The summed E-state index contributed by atoms with van der Waals surface area (Å²) < 4.78 is 5.53. The lowest BCUT2D eigenvalue weighted by Crippen LogP contribution is -2.16. The third kappa shape index (κ3) is 4.06. The summed E-state index contributed by atoms with van der Waals surface area (Å²) in [6.45, 7) is 3.74. The van der Waals surface area contributed by atoms with Gasteiger partial charge in [-0.05, 0) is 38.1 Å². The Morgan fingerprint density at radius 2 is 2.05 bits per heavy atom. The number of hydrogen-bond donors (Lipinski definition) is 1. The lowest BCUT2D eigenvalue weighted by molar-refractivity contribution is 0.102. The van der Waals surface area contributed by atoms with E-state index >= 15 is 0 Å². The first kappa shape index (κ1) is 15.5. The third-order valence-corrected chi connectivity index (χ3v) is 2.91. The van der Waals surface area contributed by atoms with Crippen molar-refractivity contribution in [3.8, 4) is 5.88 Å². The molecule has 21 heavy (non-hydrogen) atoms. The Hall–Kier alpha value is -1.85. The molecule has 0 spiro atoms. The molecular weight excluding hydrogens is 313 g/mol. The highest BCUT2D eigenvalue weighted by atomic mass is 35.5. The average molecular weight is 326 g/mol. The summed E-state index contributed by atoms with van der Waals surface area (Å²) in [5.41, 5.74) is 0.484. The molecule has 0 radical (unpaired) electrons. The zero-order valence-electron chi connectivity index (χ0n) is 11.4. The quantitative estimate of drug-likeness (QED) is 0.868. The van der Waals surface area contributed by atoms with Crippen molar-refractivity contribution in [3.05, 3.63) is 46.3 Å². The van der Waals surface area contributed by atoms with Crippen LogP contribution in [-0.2, 0) is 0 Å². The summed E-state index contributed by atoms with van der Waals surface area (Å²) in [6, 6.07) is 6.40. The van der Waals surface area contributed by atoms with Gasteiger partial charge < -0.3 is 10.1 Å². The molecule has 1 N–H and O–H groups in total. The number of nitrogens with zero attached hydrogens (tertiary/aromatic N) is 2. The molecule has 1 amide bonds. The number of carbonyl (C=O) groups excluding carboxylic acids is 1. The van der Waals surface area contributed by atoms with Crippen LogP contribution in [0, 0.1) is 0 Å². The van der Waals surface area contributed by atoms with Crippen LogP contribution < -0.4 is 10.1 Å². The van der Waals surface area contributed by atoms with E-state index in [1.807, 2.05) is 13.8 Å². The molecule has 0 aromatic carbocycles. The minimum absolute atomic E-state index is 0.0449. The normalized spacial score (nSPS) is 10.5. The first-order chi connectivity index (χ1) is 9.97. The Balaban J connectivity index is 2.25. The van der Waals surface area contributed by atoms with Gasteiger partial charge in [-0.3, -0.25) is 4.79 Å². The van der Waals surface area contributed by atoms with Crippen LogP contribution in [0.25, 0.3) is 0 Å². The lowest BCUT2D eigenvalue weighted by atomic mass is 10.3. The van der Waals surface area contributed by atoms with Gasteiger partial charge in [0, 0.05) is 6.20 Å². The topological polar surface area (TPSA) is 64.1 Å². The van der Waals surface area contributed by atoms with E-state index < -0.39 is 5.91 Å². The van der Waals surface area contributed by atoms with E-state index in [0.717, 1.165) is 0 Å². The minimum atomic E-state index is -0.482. The van der Waals surface area contributed by atoms with E-state index in [1.54, 1.807) is 18.3 Å². The summed E-state index contributed by atoms with van der Waals surface area (Å²) in [5.74, 6) is -0.150. The van der Waals surface area contributed by atoms with Gasteiger partial charge in [0.05, 0.1) is 11.1 Å². The van der Waals surface area contributed by atoms with Gasteiger partial charge in [0.2, 0.25) is 5.88 Å². The maximum absolute atomic E-state index is 12.2. The number of nitrogens with one attached hydrogen (secondary N) is 1. The second kappa shape index (κ2) is 6.74. The number of hydrogen-bond acceptors (Lipinski definition) is 4. The molecule has 0 saturated carbocycles. The van der Waals surface area contributed by atoms with Crippen LogP contribution in [0.3, 0.4) is 0 Å². The predicted octanol–water partition coefficient (Wildman–Crippen LogP) is 3.82. The highest BCUT2D eigenvalue weighted by Crippen LogP contribution is 2.24. The van der Waals surface area contributed by atoms with Crippen LogP contribution in [-0.4, -0.2) is 22.0 Å². The first-order valence-corrected chi connectivity index (χ1v) is 6.98. The number of aromatic nitrogens is 2. The fraction of sp³-hybridized carbons (Fsp3) is 0.214. The molecule has 2 rings (SSSR count). The molecule has 0 fully saturated rings. The molecule has 0 saturated heterocycles. The Morgan fingerprint density at radius 1 is 1.29 bits per heavy atom. The van der Waals surface area contributed by atoms with Crippen LogP contribution in [0.2, 0.25) is 10.2 Å². The Bertz CT molecular complexity index is 662. The van der Waals surface area contributed by atoms with Crippen molar-refractivity contribution >= 4 is 34.8 Å². The van der Waals surface area contributed by atoms with Crippen LogP contribution in [0.4, 0.5) is 5.69 Å². The molecule has 0 aliphatic carbocycles. The van der Waals surface area contributed by atoms with Crippen LogP contribution in [0.15, 0.2) is 30.5 Å². The van der Waals surface area contributed by atoms with Crippen molar-refractivity contribution in [1.29, 1.82) is 0 Å². The SMILES string of the molecule is CC(C)Oc1ncccc1NC(=O)c1nc(Cl)ccc1Cl. The van der Waals surface area contributed by atoms with Crippen molar-refractivity contribution in [2.75, 3.05) is 5.32 Å². The van der Waals surface area contributed by atoms with Crippen molar-refractivity contribution in [3.63, 3.8) is 0 Å². The molecule has 0 atom stereocenters. The third-order valence-electron chi connectivity index (χ3n) is 2.39. The monoisotopic (exact) mass is 325 g/mol. The molecule has 2 aromatic rings. The van der Waals surface area contributed by atoms with Crippen LogP contribution >= 0.6 is 23.2 Å². The summed E-state index contributed by atoms with van der Waals surface area (Å²) in [7, 11) is 0. The zero-order valence-corrected chi connectivity index (χ0v) is 12.9. The first-order valence-electron chi connectivity index (χ1n) is 6.22. The lowest BCUT2D eigenvalue weighted by Gasteiger charge is -2.13. The van der Waals surface area contributed by atoms with Crippen molar-refractivity contribution in [2.45, 2.75) is 20.0 Å². The Morgan fingerprint density at radius 3 is 2.76 bits per heavy atom. The number of amides is 1. The van der Waals surface area contributed by atoms with Crippen molar-refractivity contribution in [1.82, 2.24) is 9.97 Å². The average Bonchev–Trinajstić information content (AvgIpc) is 2.43. The molecular formula is C14H13Cl2N3O2. The van der Waals surface area contributed by atoms with E-state index in [0.29, 0.717) is 11.6 Å². The number of anilines is 1. The highest BCUT2D eigenvalue weighted by molar-refractivity contribution is 6.35. The Labute approximate surface area is 132 Å². The largest absolute Gasteiger partial charge is 0.473 e. The van der Waals surface area contributed by atoms with Gasteiger partial charge in [0.25, 0.3) is 5.91 Å². The molecule has 2 heterocycles. The van der Waals surface area contributed by atoms with Gasteiger partial charge in [-0.2, -0.15) is 0 Å². The zero-order chi connectivity index (χ0) is 15.4. The molecule has 0 aliphatic rings. The summed E-state index contributed by atoms with van der Waals surface area (Å²) in [6.07, 6.45) is 1.52. The van der Waals surface area contributed by atoms with Gasteiger partial charge in [-0.25, -0.2) is 9.97 Å². The number of halogens is 2. The summed E-state index contributed by atoms with van der Waals surface area (Å²) >= 11 is 11.7. The van der Waals surface area contributed by atoms with E-state index in [4.69, 9.17) is 27.9 Å². The minimum Gasteiger partial charge on any atom is -0.473 e. The van der Waals surface area contributed by atoms with E-state index in [2.05, 4.69) is 15.3 Å². The molecule has 0 unspecified atom stereocenters. The highest BCUT2D eigenvalue weighted by Gasteiger charge is 2.16. The second-order valence-electron chi connectivity index (χ2n) is 4.44. The van der Waals surface area contributed by atoms with Crippen LogP contribution in [0.5, 0.6) is 5.88 Å². The second-order valence-corrected chi connectivity index (χ2v) is 5.24. The van der Waals surface area contributed by atoms with E-state index in [9.17, 15) is 4.79 Å². The number of carbonyl (C=O) groups is 1. The van der Waals surface area contributed by atoms with Gasteiger partial charge in [0.1, 0.15) is 16.5 Å². The van der Waals surface area contributed by atoms with Gasteiger partial charge >= 0.3 is 0 Å². The van der Waals surface area contributed by atoms with E-state index in [-0.39, 0.29) is 22.0 Å². The molecule has 2 aromatic heterocycles. The maximum atomic E-state index is 12.2. The van der Waals surface area contributed by atoms with Crippen molar-refractivity contribution < 1.29 is 9.53 Å². The molecule has 7 heteroatoms. The fourth-order valence-corrected chi connectivity index (χ4v) is 1.90. The molecule has 0 aliphatic heterocycles. The predicted molar refractivity (Wildman–Crippen MR) is 82.2 cm³/mol. The summed E-state index contributed by atoms with van der Waals surface area (Å²) in [4.78, 5) is 20.2. The smallest absolute Gasteiger partial charge is 0.276 e.